The van der Waals surface area contributed by atoms with Gasteiger partial charge in [-0.1, -0.05) is 12.1 Å². The number of nitrogens with zero attached hydrogens (tertiary/aromatic N) is 1. The van der Waals surface area contributed by atoms with Crippen molar-refractivity contribution >= 4 is 12.0 Å². The van der Waals surface area contributed by atoms with Gasteiger partial charge in [0, 0.05) is 0 Å². The molecule has 0 radical (unpaired) electrons. The fourth-order valence-corrected chi connectivity index (χ4v) is 1.17. The zero-order valence-corrected chi connectivity index (χ0v) is 8.80. The van der Waals surface area contributed by atoms with Crippen LogP contribution in [0.3, 0.4) is 0 Å². The Hall–Kier alpha value is -2.28. The van der Waals surface area contributed by atoms with E-state index in [4.69, 9.17) is 15.1 Å². The molecule has 16 heavy (non-hydrogen) atoms. The maximum Gasteiger partial charge on any atom is 0.346 e. The number of nitriles is 1. The first-order chi connectivity index (χ1) is 7.67. The molecule has 0 aliphatic carbocycles. The van der Waals surface area contributed by atoms with E-state index in [2.05, 4.69) is 0 Å². The smallest absolute Gasteiger partial charge is 0.346 e. The Morgan fingerprint density at radius 3 is 2.94 bits per heavy atom. The van der Waals surface area contributed by atoms with E-state index in [0.29, 0.717) is 17.9 Å². The molecule has 0 aliphatic rings. The second-order valence-electron chi connectivity index (χ2n) is 2.98. The lowest BCUT2D eigenvalue weighted by atomic mass is 10.1. The molecule has 0 spiro atoms. The lowest BCUT2D eigenvalue weighted by Gasteiger charge is -2.03. The van der Waals surface area contributed by atoms with Gasteiger partial charge in [0.15, 0.2) is 0 Å². The number of hydrogen-bond donors (Lipinski definition) is 1. The second-order valence-corrected chi connectivity index (χ2v) is 2.98. The van der Waals surface area contributed by atoms with Gasteiger partial charge in [0.05, 0.1) is 6.61 Å². The van der Waals surface area contributed by atoms with Crippen LogP contribution in [0, 0.1) is 11.3 Å². The summed E-state index contributed by atoms with van der Waals surface area (Å²) in [5, 5.41) is 17.3. The number of rotatable bonds is 4. The van der Waals surface area contributed by atoms with Gasteiger partial charge in [-0.25, -0.2) is 4.79 Å². The Balaban J connectivity index is 3.01. The van der Waals surface area contributed by atoms with Crippen LogP contribution in [0.2, 0.25) is 0 Å². The maximum atomic E-state index is 10.6. The first-order valence-corrected chi connectivity index (χ1v) is 4.75. The van der Waals surface area contributed by atoms with E-state index in [9.17, 15) is 4.79 Å². The fourth-order valence-electron chi connectivity index (χ4n) is 1.17. The van der Waals surface area contributed by atoms with E-state index in [1.807, 2.05) is 6.92 Å². The Labute approximate surface area is 93.4 Å². The van der Waals surface area contributed by atoms with Gasteiger partial charge in [-0.2, -0.15) is 5.26 Å². The van der Waals surface area contributed by atoms with Crippen LogP contribution >= 0.6 is 0 Å². The normalized spacial score (nSPS) is 10.6. The van der Waals surface area contributed by atoms with Crippen LogP contribution in [-0.4, -0.2) is 17.7 Å². The zero-order valence-electron chi connectivity index (χ0n) is 8.80. The van der Waals surface area contributed by atoms with E-state index in [-0.39, 0.29) is 5.57 Å². The van der Waals surface area contributed by atoms with E-state index < -0.39 is 5.97 Å². The summed E-state index contributed by atoms with van der Waals surface area (Å²) in [7, 11) is 0. The zero-order chi connectivity index (χ0) is 12.0. The molecule has 1 aromatic carbocycles. The van der Waals surface area contributed by atoms with Gasteiger partial charge in [0.1, 0.15) is 17.4 Å². The average molecular weight is 217 g/mol. The summed E-state index contributed by atoms with van der Waals surface area (Å²) in [5.41, 5.74) is 0.332. The standard InChI is InChI=1S/C12H11NO3/c1-2-16-11-5-3-4-9(7-11)6-10(8-13)12(14)15/h3-7H,2H2,1H3,(H,14,15)/b10-6-. The van der Waals surface area contributed by atoms with Crippen molar-refractivity contribution in [1.82, 2.24) is 0 Å². The number of carboxylic acids is 1. The van der Waals surface area contributed by atoms with Crippen molar-refractivity contribution in [3.63, 3.8) is 0 Å². The molecule has 0 heterocycles. The SMILES string of the molecule is CCOc1cccc(/C=C(/C#N)C(=O)O)c1. The second kappa shape index (κ2) is 5.56. The number of carbonyl (C=O) groups is 1. The first kappa shape index (κ1) is 11.8. The predicted molar refractivity (Wildman–Crippen MR) is 58.8 cm³/mol. The van der Waals surface area contributed by atoms with Crippen molar-refractivity contribution in [2.24, 2.45) is 0 Å². The van der Waals surface area contributed by atoms with Crippen LogP contribution in [0.5, 0.6) is 5.75 Å². The van der Waals surface area contributed by atoms with Gasteiger partial charge in [0.2, 0.25) is 0 Å². The number of carboxylic acid groups (broad SMARTS) is 1. The summed E-state index contributed by atoms with van der Waals surface area (Å²) >= 11 is 0. The van der Waals surface area contributed by atoms with Crippen LogP contribution < -0.4 is 4.74 Å². The molecular formula is C12H11NO3. The molecule has 1 aromatic rings. The van der Waals surface area contributed by atoms with Crippen molar-refractivity contribution in [3.05, 3.63) is 35.4 Å². The highest BCUT2D eigenvalue weighted by Crippen LogP contribution is 2.15. The van der Waals surface area contributed by atoms with E-state index in [1.54, 1.807) is 30.3 Å². The lowest BCUT2D eigenvalue weighted by molar-refractivity contribution is -0.132. The van der Waals surface area contributed by atoms with Gasteiger partial charge < -0.3 is 9.84 Å². The van der Waals surface area contributed by atoms with Crippen molar-refractivity contribution in [3.8, 4) is 11.8 Å². The molecule has 1 N–H and O–H groups in total. The Kier molecular flexibility index (Phi) is 4.10. The summed E-state index contributed by atoms with van der Waals surface area (Å²) in [6, 6.07) is 8.53. The lowest BCUT2D eigenvalue weighted by Crippen LogP contribution is -1.97. The Bertz CT molecular complexity index is 458. The minimum atomic E-state index is -1.23. The highest BCUT2D eigenvalue weighted by molar-refractivity contribution is 5.96. The minimum absolute atomic E-state index is 0.298. The molecule has 0 aromatic heterocycles. The quantitative estimate of drug-likeness (QED) is 0.619. The number of ether oxygens (including phenoxy) is 1. The number of aliphatic carboxylic acids is 1. The van der Waals surface area contributed by atoms with Gasteiger partial charge in [-0.3, -0.25) is 0 Å². The van der Waals surface area contributed by atoms with Crippen LogP contribution in [-0.2, 0) is 4.79 Å². The summed E-state index contributed by atoms with van der Waals surface area (Å²) < 4.78 is 5.26. The van der Waals surface area contributed by atoms with Gasteiger partial charge in [0.25, 0.3) is 0 Å². The summed E-state index contributed by atoms with van der Waals surface area (Å²) in [5.74, 6) is -0.580. The first-order valence-electron chi connectivity index (χ1n) is 4.75. The Morgan fingerprint density at radius 1 is 1.62 bits per heavy atom. The molecule has 0 bridgehead atoms. The molecule has 0 fully saturated rings. The predicted octanol–water partition coefficient (Wildman–Crippen LogP) is 2.08. The molecule has 82 valence electrons. The minimum Gasteiger partial charge on any atom is -0.494 e. The molecule has 0 saturated heterocycles. The Morgan fingerprint density at radius 2 is 2.38 bits per heavy atom. The fraction of sp³-hybridized carbons (Fsp3) is 0.167. The molecular weight excluding hydrogens is 206 g/mol. The third-order valence-corrected chi connectivity index (χ3v) is 1.83. The van der Waals surface area contributed by atoms with Crippen molar-refractivity contribution in [1.29, 1.82) is 5.26 Å². The van der Waals surface area contributed by atoms with Gasteiger partial charge >= 0.3 is 5.97 Å². The monoisotopic (exact) mass is 217 g/mol. The average Bonchev–Trinajstić information content (AvgIpc) is 2.26. The topological polar surface area (TPSA) is 70.3 Å². The van der Waals surface area contributed by atoms with E-state index in [1.165, 1.54) is 6.08 Å². The molecule has 4 nitrogen and oxygen atoms in total. The molecule has 0 aliphatic heterocycles. The largest absolute Gasteiger partial charge is 0.494 e. The van der Waals surface area contributed by atoms with Gasteiger partial charge in [-0.05, 0) is 30.7 Å². The maximum absolute atomic E-state index is 10.6. The molecule has 0 amide bonds. The van der Waals surface area contributed by atoms with E-state index in [0.717, 1.165) is 0 Å². The number of hydrogen-bond acceptors (Lipinski definition) is 3. The molecule has 0 saturated carbocycles. The molecule has 0 atom stereocenters. The van der Waals surface area contributed by atoms with Crippen LogP contribution in [0.25, 0.3) is 6.08 Å². The van der Waals surface area contributed by atoms with Crippen molar-refractivity contribution < 1.29 is 14.6 Å². The number of benzene rings is 1. The van der Waals surface area contributed by atoms with Crippen molar-refractivity contribution in [2.75, 3.05) is 6.61 Å². The highest BCUT2D eigenvalue weighted by Gasteiger charge is 2.05. The molecule has 4 heteroatoms. The molecule has 0 unspecified atom stereocenters. The van der Waals surface area contributed by atoms with Gasteiger partial charge in [-0.15, -0.1) is 0 Å². The summed E-state index contributed by atoms with van der Waals surface area (Å²) in [6.07, 6.45) is 1.31. The highest BCUT2D eigenvalue weighted by atomic mass is 16.5. The third kappa shape index (κ3) is 3.14. The van der Waals surface area contributed by atoms with Crippen molar-refractivity contribution in [2.45, 2.75) is 6.92 Å². The summed E-state index contributed by atoms with van der Waals surface area (Å²) in [4.78, 5) is 10.6. The molecule has 1 rings (SSSR count). The van der Waals surface area contributed by atoms with E-state index >= 15 is 0 Å². The van der Waals surface area contributed by atoms with Crippen LogP contribution in [0.15, 0.2) is 29.8 Å². The van der Waals surface area contributed by atoms with Crippen LogP contribution in [0.4, 0.5) is 0 Å². The third-order valence-electron chi connectivity index (χ3n) is 1.83. The van der Waals surface area contributed by atoms with Crippen LogP contribution in [0.1, 0.15) is 12.5 Å². The summed E-state index contributed by atoms with van der Waals surface area (Å²) in [6.45, 7) is 2.40.